The van der Waals surface area contributed by atoms with E-state index in [0.29, 0.717) is 18.0 Å². The van der Waals surface area contributed by atoms with Gasteiger partial charge in [0.25, 0.3) is 5.91 Å². The highest BCUT2D eigenvalue weighted by Crippen LogP contribution is 2.30. The first-order chi connectivity index (χ1) is 14.9. The number of rotatable bonds is 9. The fourth-order valence-electron chi connectivity index (χ4n) is 3.14. The molecule has 1 heterocycles. The summed E-state index contributed by atoms with van der Waals surface area (Å²) in [7, 11) is -3.80. The summed E-state index contributed by atoms with van der Waals surface area (Å²) in [5, 5.41) is 20.9. The van der Waals surface area contributed by atoms with E-state index in [4.69, 9.17) is 5.26 Å². The van der Waals surface area contributed by atoms with E-state index in [9.17, 15) is 23.1 Å². The standard InChI is InChI=1S/C22H27N3O5S2/c1-13(2)11-25(12-14(3)4)32(29,30)20-9-19(31-15(20)5)21(26)24-18-7-6-16(10-23)8-17(18)22(27)28/h6-9,13-14H,11-12H2,1-5H3,(H,24,26)(H,27,28). The molecule has 1 aromatic heterocycles. The average Bonchev–Trinajstić information content (AvgIpc) is 3.09. The predicted octanol–water partition coefficient (Wildman–Crippen LogP) is 4.18. The molecule has 2 N–H and O–H groups in total. The monoisotopic (exact) mass is 477 g/mol. The van der Waals surface area contributed by atoms with Gasteiger partial charge in [-0.05, 0) is 43.0 Å². The van der Waals surface area contributed by atoms with Crippen LogP contribution >= 0.6 is 11.3 Å². The summed E-state index contributed by atoms with van der Waals surface area (Å²) in [6.07, 6.45) is 0. The number of nitrogens with one attached hydrogen (secondary N) is 1. The molecule has 8 nitrogen and oxygen atoms in total. The van der Waals surface area contributed by atoms with Crippen LogP contribution in [0.2, 0.25) is 0 Å². The zero-order valence-corrected chi connectivity index (χ0v) is 20.3. The highest BCUT2D eigenvalue weighted by molar-refractivity contribution is 7.89. The van der Waals surface area contributed by atoms with Crippen molar-refractivity contribution >= 4 is 38.9 Å². The largest absolute Gasteiger partial charge is 0.478 e. The molecule has 0 unspecified atom stereocenters. The van der Waals surface area contributed by atoms with Gasteiger partial charge in [-0.3, -0.25) is 4.79 Å². The van der Waals surface area contributed by atoms with E-state index in [1.807, 2.05) is 33.8 Å². The Bertz CT molecular complexity index is 1150. The second kappa shape index (κ2) is 10.3. The first kappa shape index (κ1) is 25.5. The first-order valence-corrected chi connectivity index (χ1v) is 12.3. The average molecular weight is 478 g/mol. The third kappa shape index (κ3) is 5.94. The van der Waals surface area contributed by atoms with Crippen LogP contribution in [0.4, 0.5) is 5.69 Å². The second-order valence-corrected chi connectivity index (χ2v) is 11.4. The van der Waals surface area contributed by atoms with Crippen molar-refractivity contribution in [2.24, 2.45) is 11.8 Å². The number of carboxylic acid groups (broad SMARTS) is 1. The number of carbonyl (C=O) groups excluding carboxylic acids is 1. The van der Waals surface area contributed by atoms with Gasteiger partial charge in [0.05, 0.1) is 32.7 Å². The summed E-state index contributed by atoms with van der Waals surface area (Å²) in [6, 6.07) is 7.09. The highest BCUT2D eigenvalue weighted by Gasteiger charge is 2.30. The molecule has 0 aliphatic heterocycles. The maximum Gasteiger partial charge on any atom is 0.337 e. The van der Waals surface area contributed by atoms with Gasteiger partial charge in [-0.1, -0.05) is 27.7 Å². The molecule has 0 aliphatic carbocycles. The minimum Gasteiger partial charge on any atom is -0.478 e. The Morgan fingerprint density at radius 2 is 1.75 bits per heavy atom. The van der Waals surface area contributed by atoms with Crippen LogP contribution in [-0.4, -0.2) is 42.8 Å². The van der Waals surface area contributed by atoms with Gasteiger partial charge >= 0.3 is 5.97 Å². The molecule has 1 aromatic carbocycles. The van der Waals surface area contributed by atoms with Gasteiger partial charge in [-0.15, -0.1) is 11.3 Å². The quantitative estimate of drug-likeness (QED) is 0.558. The normalized spacial score (nSPS) is 11.7. The summed E-state index contributed by atoms with van der Waals surface area (Å²) in [5.74, 6) is -1.64. The molecule has 10 heteroatoms. The zero-order chi connectivity index (χ0) is 24.2. The summed E-state index contributed by atoms with van der Waals surface area (Å²) in [6.45, 7) is 10.1. The Labute approximate surface area is 192 Å². The third-order valence-electron chi connectivity index (χ3n) is 4.48. The highest BCUT2D eigenvalue weighted by atomic mass is 32.2. The number of carbonyl (C=O) groups is 2. The number of hydrogen-bond acceptors (Lipinski definition) is 6. The third-order valence-corrected chi connectivity index (χ3v) is 7.61. The fourth-order valence-corrected chi connectivity index (χ4v) is 6.36. The molecule has 0 saturated heterocycles. The zero-order valence-electron chi connectivity index (χ0n) is 18.7. The number of nitrogens with zero attached hydrogens (tertiary/aromatic N) is 2. The van der Waals surface area contributed by atoms with Crippen molar-refractivity contribution in [2.45, 2.75) is 39.5 Å². The Hall–Kier alpha value is -2.74. The van der Waals surface area contributed by atoms with Crippen LogP contribution in [-0.2, 0) is 10.0 Å². The molecule has 0 saturated carbocycles. The minimum atomic E-state index is -3.80. The number of anilines is 1. The smallest absolute Gasteiger partial charge is 0.337 e. The Morgan fingerprint density at radius 1 is 1.16 bits per heavy atom. The van der Waals surface area contributed by atoms with Gasteiger partial charge in [0.1, 0.15) is 0 Å². The molecule has 0 atom stereocenters. The van der Waals surface area contributed by atoms with Crippen molar-refractivity contribution in [3.05, 3.63) is 45.1 Å². The molecule has 0 radical (unpaired) electrons. The van der Waals surface area contributed by atoms with Crippen molar-refractivity contribution in [3.63, 3.8) is 0 Å². The number of hydrogen-bond donors (Lipinski definition) is 2. The van der Waals surface area contributed by atoms with E-state index in [2.05, 4.69) is 5.32 Å². The number of aryl methyl sites for hydroxylation is 1. The molecule has 0 aliphatic rings. The Balaban J connectivity index is 2.38. The van der Waals surface area contributed by atoms with Crippen molar-refractivity contribution in [1.82, 2.24) is 4.31 Å². The molecule has 1 amide bonds. The lowest BCUT2D eigenvalue weighted by Crippen LogP contribution is -2.37. The van der Waals surface area contributed by atoms with Crippen molar-refractivity contribution in [1.29, 1.82) is 5.26 Å². The lowest BCUT2D eigenvalue weighted by Gasteiger charge is -2.25. The van der Waals surface area contributed by atoms with Crippen LogP contribution < -0.4 is 5.32 Å². The van der Waals surface area contributed by atoms with E-state index >= 15 is 0 Å². The summed E-state index contributed by atoms with van der Waals surface area (Å²) >= 11 is 1.03. The molecule has 172 valence electrons. The van der Waals surface area contributed by atoms with Gasteiger partial charge in [0.2, 0.25) is 10.0 Å². The second-order valence-electron chi connectivity index (χ2n) is 8.27. The topological polar surface area (TPSA) is 128 Å². The van der Waals surface area contributed by atoms with Crippen molar-refractivity contribution in [2.75, 3.05) is 18.4 Å². The lowest BCUT2D eigenvalue weighted by atomic mass is 10.1. The maximum absolute atomic E-state index is 13.3. The van der Waals surface area contributed by atoms with Crippen LogP contribution in [0.25, 0.3) is 0 Å². The van der Waals surface area contributed by atoms with Crippen LogP contribution in [0.3, 0.4) is 0 Å². The van der Waals surface area contributed by atoms with Crippen LogP contribution in [0.5, 0.6) is 0 Å². The molecular weight excluding hydrogens is 450 g/mol. The Morgan fingerprint density at radius 3 is 2.25 bits per heavy atom. The number of aromatic carboxylic acids is 1. The van der Waals surface area contributed by atoms with Gasteiger partial charge < -0.3 is 10.4 Å². The molecule has 0 bridgehead atoms. The molecule has 0 fully saturated rings. The van der Waals surface area contributed by atoms with E-state index in [1.54, 1.807) is 6.92 Å². The molecule has 2 rings (SSSR count). The molecular formula is C22H27N3O5S2. The van der Waals surface area contributed by atoms with E-state index in [1.165, 1.54) is 28.6 Å². The number of carboxylic acids is 1. The van der Waals surface area contributed by atoms with Gasteiger partial charge in [-0.25, -0.2) is 13.2 Å². The van der Waals surface area contributed by atoms with Gasteiger partial charge in [0.15, 0.2) is 0 Å². The molecule has 32 heavy (non-hydrogen) atoms. The minimum absolute atomic E-state index is 0.0261. The summed E-state index contributed by atoms with van der Waals surface area (Å²) in [4.78, 5) is 25.0. The van der Waals surface area contributed by atoms with Crippen LogP contribution in [0.15, 0.2) is 29.2 Å². The van der Waals surface area contributed by atoms with Crippen molar-refractivity contribution in [3.8, 4) is 6.07 Å². The number of benzene rings is 1. The first-order valence-electron chi connectivity index (χ1n) is 10.1. The van der Waals surface area contributed by atoms with E-state index < -0.39 is 21.9 Å². The SMILES string of the molecule is Cc1sc(C(=O)Nc2ccc(C#N)cc2C(=O)O)cc1S(=O)(=O)N(CC(C)C)CC(C)C. The van der Waals surface area contributed by atoms with Crippen LogP contribution in [0, 0.1) is 30.1 Å². The molecule has 2 aromatic rings. The van der Waals surface area contributed by atoms with E-state index in [-0.39, 0.29) is 38.4 Å². The predicted molar refractivity (Wildman–Crippen MR) is 124 cm³/mol. The van der Waals surface area contributed by atoms with Gasteiger partial charge in [0, 0.05) is 18.0 Å². The maximum atomic E-state index is 13.3. The summed E-state index contributed by atoms with van der Waals surface area (Å²) in [5.41, 5.74) is -0.0482. The number of thiophene rings is 1. The van der Waals surface area contributed by atoms with E-state index in [0.717, 1.165) is 11.3 Å². The fraction of sp³-hybridized carbons (Fsp3) is 0.409. The van der Waals surface area contributed by atoms with Gasteiger partial charge in [-0.2, -0.15) is 9.57 Å². The van der Waals surface area contributed by atoms with Crippen molar-refractivity contribution < 1.29 is 23.1 Å². The lowest BCUT2D eigenvalue weighted by molar-refractivity contribution is 0.0698. The van der Waals surface area contributed by atoms with Crippen LogP contribution in [0.1, 0.15) is 58.2 Å². The number of nitriles is 1. The number of sulfonamides is 1. The summed E-state index contributed by atoms with van der Waals surface area (Å²) < 4.78 is 28.1. The molecule has 0 spiro atoms. The number of amides is 1. The Kier molecular flexibility index (Phi) is 8.18.